The zero-order valence-corrected chi connectivity index (χ0v) is 11.9. The first-order valence-electron chi connectivity index (χ1n) is 6.54. The van der Waals surface area contributed by atoms with Crippen LogP contribution >= 0.6 is 0 Å². The van der Waals surface area contributed by atoms with Crippen molar-refractivity contribution in [3.63, 3.8) is 0 Å². The van der Waals surface area contributed by atoms with E-state index in [-0.39, 0.29) is 28.4 Å². The Balaban J connectivity index is 2.38. The Hall–Kier alpha value is -2.49. The van der Waals surface area contributed by atoms with Crippen LogP contribution in [0.3, 0.4) is 0 Å². The van der Waals surface area contributed by atoms with Gasteiger partial charge in [-0.3, -0.25) is 14.9 Å². The Morgan fingerprint density at radius 2 is 2.00 bits per heavy atom. The van der Waals surface area contributed by atoms with Crippen LogP contribution in [-0.2, 0) is 0 Å². The highest BCUT2D eigenvalue weighted by Crippen LogP contribution is 2.41. The van der Waals surface area contributed by atoms with Crippen LogP contribution in [0.2, 0.25) is 0 Å². The number of halogens is 3. The van der Waals surface area contributed by atoms with Gasteiger partial charge in [0.05, 0.1) is 4.92 Å². The number of hydrazone groups is 1. The summed E-state index contributed by atoms with van der Waals surface area (Å²) in [6.45, 7) is 1.55. The van der Waals surface area contributed by atoms with Crippen LogP contribution in [-0.4, -0.2) is 38.6 Å². The second kappa shape index (κ2) is 5.61. The lowest BCUT2D eigenvalue weighted by Crippen LogP contribution is -2.56. The fraction of sp³-hybridized carbons (Fsp3) is 0.385. The topological polar surface area (TPSA) is 96.0 Å². The molecule has 0 spiro atoms. The number of benzene rings is 1. The van der Waals surface area contributed by atoms with E-state index in [0.29, 0.717) is 0 Å². The van der Waals surface area contributed by atoms with Crippen LogP contribution in [0.15, 0.2) is 29.4 Å². The van der Waals surface area contributed by atoms with Gasteiger partial charge in [0.1, 0.15) is 0 Å². The molecular weight excluding hydrogens is 319 g/mol. The Labute approximate surface area is 128 Å². The molecule has 1 aliphatic rings. The van der Waals surface area contributed by atoms with E-state index in [9.17, 15) is 33.2 Å². The van der Waals surface area contributed by atoms with Crippen LogP contribution in [0.4, 0.5) is 18.9 Å². The maximum absolute atomic E-state index is 13.1. The summed E-state index contributed by atoms with van der Waals surface area (Å²) in [7, 11) is 0. The smallest absolute Gasteiger partial charge is 0.362 e. The van der Waals surface area contributed by atoms with Crippen molar-refractivity contribution in [2.24, 2.45) is 5.10 Å². The zero-order valence-electron chi connectivity index (χ0n) is 11.9. The molecule has 7 nitrogen and oxygen atoms in total. The summed E-state index contributed by atoms with van der Waals surface area (Å²) in [5, 5.41) is 24.0. The number of aliphatic hydroxyl groups is 1. The van der Waals surface area contributed by atoms with Crippen molar-refractivity contribution in [1.29, 1.82) is 0 Å². The molecule has 2 rings (SSSR count). The molecule has 0 radical (unpaired) electrons. The molecule has 124 valence electrons. The van der Waals surface area contributed by atoms with Crippen molar-refractivity contribution < 1.29 is 28.0 Å². The maximum atomic E-state index is 13.1. The van der Waals surface area contributed by atoms with Gasteiger partial charge in [0.15, 0.2) is 0 Å². The second-order valence-electron chi connectivity index (χ2n) is 4.93. The first-order valence-corrected chi connectivity index (χ1v) is 6.54. The third-order valence-corrected chi connectivity index (χ3v) is 3.42. The van der Waals surface area contributed by atoms with Crippen molar-refractivity contribution in [2.75, 3.05) is 0 Å². The Morgan fingerprint density at radius 1 is 1.43 bits per heavy atom. The van der Waals surface area contributed by atoms with Gasteiger partial charge in [0, 0.05) is 29.8 Å². The molecular formula is C13H12F3N3O4. The van der Waals surface area contributed by atoms with Gasteiger partial charge in [-0.25, -0.2) is 0 Å². The maximum Gasteiger partial charge on any atom is 0.438 e. The molecule has 1 aromatic carbocycles. The van der Waals surface area contributed by atoms with Gasteiger partial charge in [-0.15, -0.1) is 0 Å². The van der Waals surface area contributed by atoms with E-state index < -0.39 is 29.2 Å². The average Bonchev–Trinajstić information content (AvgIpc) is 2.85. The quantitative estimate of drug-likeness (QED) is 0.680. The molecule has 1 N–H and O–H groups in total. The Bertz CT molecular complexity index is 672. The van der Waals surface area contributed by atoms with Crippen LogP contribution in [0, 0.1) is 10.1 Å². The predicted molar refractivity (Wildman–Crippen MR) is 72.6 cm³/mol. The molecule has 0 aromatic heterocycles. The van der Waals surface area contributed by atoms with Gasteiger partial charge >= 0.3 is 6.18 Å². The third kappa shape index (κ3) is 2.89. The van der Waals surface area contributed by atoms with Crippen LogP contribution < -0.4 is 0 Å². The summed E-state index contributed by atoms with van der Waals surface area (Å²) in [6.07, 6.45) is -5.78. The number of nitro groups is 1. The second-order valence-corrected chi connectivity index (χ2v) is 4.93. The molecule has 1 heterocycles. The van der Waals surface area contributed by atoms with E-state index in [1.165, 1.54) is 0 Å². The zero-order chi connectivity index (χ0) is 17.4. The monoisotopic (exact) mass is 331 g/mol. The minimum Gasteiger partial charge on any atom is -0.362 e. The lowest BCUT2D eigenvalue weighted by atomic mass is 10.0. The van der Waals surface area contributed by atoms with Crippen LogP contribution in [0.25, 0.3) is 0 Å². The summed E-state index contributed by atoms with van der Waals surface area (Å²) in [6, 6.07) is 3.99. The lowest BCUT2D eigenvalue weighted by Gasteiger charge is -2.32. The number of amides is 1. The first kappa shape index (κ1) is 16.9. The molecule has 1 amide bonds. The number of nitro benzene ring substituents is 1. The standard InChI is InChI=1S/C13H12F3N3O4/c1-2-9-7-12(21,13(14,15)16)18(17-9)11(20)8-3-5-10(6-4-8)19(22)23/h3-6,21H,2,7H2,1H3. The molecule has 1 aromatic rings. The number of carbonyl (C=O) groups excluding carboxylic acids is 1. The highest BCUT2D eigenvalue weighted by Gasteiger charge is 2.63. The van der Waals surface area contributed by atoms with E-state index in [1.807, 2.05) is 0 Å². The minimum absolute atomic E-state index is 0.00694. The SMILES string of the molecule is CCC1=NN(C(=O)c2ccc([N+](=O)[O-])cc2)C(O)(C(F)(F)F)C1. The number of alkyl halides is 3. The molecule has 10 heteroatoms. The van der Waals surface area contributed by atoms with Gasteiger partial charge in [-0.05, 0) is 18.6 Å². The van der Waals surface area contributed by atoms with Crippen molar-refractivity contribution in [3.05, 3.63) is 39.9 Å². The Morgan fingerprint density at radius 3 is 2.43 bits per heavy atom. The van der Waals surface area contributed by atoms with Crippen molar-refractivity contribution in [2.45, 2.75) is 31.7 Å². The van der Waals surface area contributed by atoms with E-state index in [1.54, 1.807) is 6.92 Å². The summed E-state index contributed by atoms with van der Waals surface area (Å²) in [5.41, 5.74) is -3.96. The summed E-state index contributed by atoms with van der Waals surface area (Å²) in [5.74, 6) is -1.19. The van der Waals surface area contributed by atoms with Crippen molar-refractivity contribution in [1.82, 2.24) is 5.01 Å². The van der Waals surface area contributed by atoms with Crippen molar-refractivity contribution in [3.8, 4) is 0 Å². The van der Waals surface area contributed by atoms with Crippen molar-refractivity contribution >= 4 is 17.3 Å². The average molecular weight is 331 g/mol. The molecule has 1 atom stereocenters. The van der Waals surface area contributed by atoms with Gasteiger partial charge in [-0.2, -0.15) is 23.3 Å². The minimum atomic E-state index is -5.09. The number of hydrogen-bond donors (Lipinski definition) is 1. The number of nitrogens with zero attached hydrogens (tertiary/aromatic N) is 3. The molecule has 0 aliphatic carbocycles. The molecule has 1 unspecified atom stereocenters. The fourth-order valence-corrected chi connectivity index (χ4v) is 2.10. The predicted octanol–water partition coefficient (Wildman–Crippen LogP) is 2.46. The normalized spacial score (nSPS) is 21.3. The molecule has 0 fully saturated rings. The molecule has 0 bridgehead atoms. The summed E-state index contributed by atoms with van der Waals surface area (Å²) in [4.78, 5) is 22.1. The fourth-order valence-electron chi connectivity index (χ4n) is 2.10. The van der Waals surface area contributed by atoms with Gasteiger partial charge < -0.3 is 5.11 Å². The van der Waals surface area contributed by atoms with Gasteiger partial charge in [0.25, 0.3) is 17.3 Å². The number of hydrogen-bond acceptors (Lipinski definition) is 5. The number of rotatable bonds is 3. The highest BCUT2D eigenvalue weighted by atomic mass is 19.4. The molecule has 0 saturated carbocycles. The number of carbonyl (C=O) groups is 1. The van der Waals surface area contributed by atoms with E-state index >= 15 is 0 Å². The van der Waals surface area contributed by atoms with E-state index in [4.69, 9.17) is 0 Å². The van der Waals surface area contributed by atoms with Crippen LogP contribution in [0.1, 0.15) is 30.1 Å². The Kier molecular flexibility index (Phi) is 4.12. The van der Waals surface area contributed by atoms with Crippen LogP contribution in [0.5, 0.6) is 0 Å². The lowest BCUT2D eigenvalue weighted by molar-refractivity contribution is -0.384. The summed E-state index contributed by atoms with van der Waals surface area (Å²) >= 11 is 0. The molecule has 1 aliphatic heterocycles. The largest absolute Gasteiger partial charge is 0.438 e. The van der Waals surface area contributed by atoms with Gasteiger partial charge in [-0.1, -0.05) is 6.92 Å². The van der Waals surface area contributed by atoms with E-state index in [2.05, 4.69) is 5.10 Å². The molecule has 23 heavy (non-hydrogen) atoms. The highest BCUT2D eigenvalue weighted by molar-refractivity contribution is 5.98. The number of non-ortho nitro benzene ring substituents is 1. The molecule has 0 saturated heterocycles. The summed E-state index contributed by atoms with van der Waals surface area (Å²) < 4.78 is 39.4. The van der Waals surface area contributed by atoms with Gasteiger partial charge in [0.2, 0.25) is 0 Å². The van der Waals surface area contributed by atoms with E-state index in [0.717, 1.165) is 24.3 Å². The third-order valence-electron chi connectivity index (χ3n) is 3.42. The first-order chi connectivity index (χ1) is 10.6.